The van der Waals surface area contributed by atoms with Crippen LogP contribution in [0, 0.1) is 22.9 Å². The molecule has 0 fully saturated rings. The summed E-state index contributed by atoms with van der Waals surface area (Å²) in [5.74, 6) is -0.714. The Morgan fingerprint density at radius 3 is 2.89 bits per heavy atom. The molecule has 27 heavy (non-hydrogen) atoms. The molecule has 0 saturated carbocycles. The van der Waals surface area contributed by atoms with Crippen molar-refractivity contribution in [2.24, 2.45) is 0 Å². The number of nitro groups is 1. The summed E-state index contributed by atoms with van der Waals surface area (Å²) in [6, 6.07) is 6.04. The van der Waals surface area contributed by atoms with Crippen LogP contribution in [0.1, 0.15) is 11.3 Å². The summed E-state index contributed by atoms with van der Waals surface area (Å²) < 4.78 is 15.9. The molecule has 1 amide bonds. The fourth-order valence-corrected chi connectivity index (χ4v) is 2.67. The highest BCUT2D eigenvalue weighted by molar-refractivity contribution is 6.33. The molecule has 1 N–H and O–H groups in total. The van der Waals surface area contributed by atoms with E-state index in [4.69, 9.17) is 11.6 Å². The van der Waals surface area contributed by atoms with Gasteiger partial charge in [0.15, 0.2) is 5.82 Å². The zero-order chi connectivity index (χ0) is 19.6. The first kappa shape index (κ1) is 18.5. The Bertz CT molecular complexity index is 1020. The maximum absolute atomic E-state index is 13.3. The SMILES string of the molecule is Cc1c([N+](=O)[O-])cnn1CC(=O)Nc1nn(Cc2cccc(F)c2)cc1Cl. The summed E-state index contributed by atoms with van der Waals surface area (Å²) in [6.07, 6.45) is 2.59. The highest BCUT2D eigenvalue weighted by atomic mass is 35.5. The van der Waals surface area contributed by atoms with Gasteiger partial charge in [-0.3, -0.25) is 24.3 Å². The number of hydrogen-bond acceptors (Lipinski definition) is 5. The lowest BCUT2D eigenvalue weighted by molar-refractivity contribution is -0.385. The third kappa shape index (κ3) is 4.29. The number of halogens is 2. The number of carbonyl (C=O) groups is 1. The van der Waals surface area contributed by atoms with Gasteiger partial charge in [-0.2, -0.15) is 10.2 Å². The van der Waals surface area contributed by atoms with Gasteiger partial charge in [0.2, 0.25) is 5.91 Å². The van der Waals surface area contributed by atoms with E-state index in [9.17, 15) is 19.3 Å². The van der Waals surface area contributed by atoms with Crippen LogP contribution in [0.5, 0.6) is 0 Å². The number of hydrogen-bond donors (Lipinski definition) is 1. The Balaban J connectivity index is 1.68. The zero-order valence-electron chi connectivity index (χ0n) is 14.1. The minimum absolute atomic E-state index is 0.136. The van der Waals surface area contributed by atoms with Gasteiger partial charge in [0.1, 0.15) is 29.3 Å². The van der Waals surface area contributed by atoms with Crippen LogP contribution in [0.25, 0.3) is 0 Å². The summed E-state index contributed by atoms with van der Waals surface area (Å²) in [5, 5.41) is 21.6. The Morgan fingerprint density at radius 2 is 2.22 bits per heavy atom. The van der Waals surface area contributed by atoms with Gasteiger partial charge in [-0.15, -0.1) is 0 Å². The molecule has 3 aromatic rings. The maximum Gasteiger partial charge on any atom is 0.309 e. The van der Waals surface area contributed by atoms with Crippen molar-refractivity contribution >= 4 is 29.0 Å². The van der Waals surface area contributed by atoms with E-state index in [2.05, 4.69) is 15.5 Å². The van der Waals surface area contributed by atoms with Gasteiger partial charge in [0.05, 0.1) is 11.5 Å². The quantitative estimate of drug-likeness (QED) is 0.512. The average Bonchev–Trinajstić information content (AvgIpc) is 3.11. The van der Waals surface area contributed by atoms with Crippen molar-refractivity contribution in [2.75, 3.05) is 5.32 Å². The molecule has 0 atom stereocenters. The maximum atomic E-state index is 13.3. The first-order valence-electron chi connectivity index (χ1n) is 7.77. The number of amides is 1. The normalized spacial score (nSPS) is 10.8. The number of aromatic nitrogens is 4. The smallest absolute Gasteiger partial charge is 0.306 e. The van der Waals surface area contributed by atoms with E-state index >= 15 is 0 Å². The first-order valence-corrected chi connectivity index (χ1v) is 8.15. The lowest BCUT2D eigenvalue weighted by Crippen LogP contribution is -2.21. The molecule has 0 spiro atoms. The second-order valence-electron chi connectivity index (χ2n) is 5.73. The molecule has 140 valence electrons. The third-order valence-corrected chi connectivity index (χ3v) is 4.05. The summed E-state index contributed by atoms with van der Waals surface area (Å²) >= 11 is 6.08. The van der Waals surface area contributed by atoms with Crippen LogP contribution < -0.4 is 5.32 Å². The van der Waals surface area contributed by atoms with E-state index in [1.807, 2.05) is 0 Å². The van der Waals surface area contributed by atoms with Crippen LogP contribution in [0.15, 0.2) is 36.7 Å². The van der Waals surface area contributed by atoms with Crippen LogP contribution in [0.3, 0.4) is 0 Å². The topological polar surface area (TPSA) is 108 Å². The summed E-state index contributed by atoms with van der Waals surface area (Å²) in [7, 11) is 0. The number of rotatable bonds is 6. The Labute approximate surface area is 157 Å². The lowest BCUT2D eigenvalue weighted by atomic mass is 10.2. The second kappa shape index (κ2) is 7.54. The predicted octanol–water partition coefficient (Wildman–Crippen LogP) is 2.78. The first-order chi connectivity index (χ1) is 12.8. The van der Waals surface area contributed by atoms with Crippen molar-refractivity contribution in [3.8, 4) is 0 Å². The number of nitrogens with zero attached hydrogens (tertiary/aromatic N) is 5. The largest absolute Gasteiger partial charge is 0.309 e. The van der Waals surface area contributed by atoms with E-state index in [0.29, 0.717) is 5.56 Å². The Hall–Kier alpha value is -3.27. The number of carbonyl (C=O) groups excluding carboxylic acids is 1. The molecule has 9 nitrogen and oxygen atoms in total. The van der Waals surface area contributed by atoms with Gasteiger partial charge in [0.25, 0.3) is 0 Å². The number of anilines is 1. The minimum Gasteiger partial charge on any atom is -0.306 e. The molecule has 0 bridgehead atoms. The molecule has 3 rings (SSSR count). The van der Waals surface area contributed by atoms with E-state index in [1.165, 1.54) is 34.6 Å². The van der Waals surface area contributed by atoms with Crippen LogP contribution in [-0.4, -0.2) is 30.4 Å². The minimum atomic E-state index is -0.568. The molecule has 0 saturated heterocycles. The average molecular weight is 393 g/mol. The van der Waals surface area contributed by atoms with Gasteiger partial charge >= 0.3 is 5.69 Å². The molecule has 1 aromatic carbocycles. The van der Waals surface area contributed by atoms with Gasteiger partial charge in [0, 0.05) is 6.20 Å². The molecule has 2 heterocycles. The third-order valence-electron chi connectivity index (χ3n) is 3.78. The van der Waals surface area contributed by atoms with Gasteiger partial charge in [-0.25, -0.2) is 4.39 Å². The lowest BCUT2D eigenvalue weighted by Gasteiger charge is -2.05. The summed E-state index contributed by atoms with van der Waals surface area (Å²) in [4.78, 5) is 22.4. The Morgan fingerprint density at radius 1 is 1.44 bits per heavy atom. The highest BCUT2D eigenvalue weighted by Crippen LogP contribution is 2.21. The van der Waals surface area contributed by atoms with E-state index in [-0.39, 0.29) is 41.1 Å². The van der Waals surface area contributed by atoms with Crippen molar-refractivity contribution in [3.63, 3.8) is 0 Å². The van der Waals surface area contributed by atoms with Crippen molar-refractivity contribution in [3.05, 3.63) is 68.9 Å². The molecule has 2 aromatic heterocycles. The van der Waals surface area contributed by atoms with Gasteiger partial charge in [-0.05, 0) is 24.6 Å². The number of benzene rings is 1. The molecular formula is C16H14ClFN6O3. The van der Waals surface area contributed by atoms with Crippen molar-refractivity contribution < 1.29 is 14.1 Å². The summed E-state index contributed by atoms with van der Waals surface area (Å²) in [6.45, 7) is 1.55. The molecule has 11 heteroatoms. The molecule has 0 unspecified atom stereocenters. The fourth-order valence-electron chi connectivity index (χ4n) is 2.47. The predicted molar refractivity (Wildman–Crippen MR) is 95.0 cm³/mol. The van der Waals surface area contributed by atoms with E-state index in [1.54, 1.807) is 12.1 Å². The van der Waals surface area contributed by atoms with Crippen molar-refractivity contribution in [1.29, 1.82) is 0 Å². The number of nitrogens with one attached hydrogen (secondary N) is 1. The summed E-state index contributed by atoms with van der Waals surface area (Å²) in [5.41, 5.74) is 0.782. The van der Waals surface area contributed by atoms with Gasteiger partial charge < -0.3 is 5.32 Å². The van der Waals surface area contributed by atoms with Crippen LogP contribution in [0.2, 0.25) is 5.02 Å². The molecule has 0 aliphatic heterocycles. The van der Waals surface area contributed by atoms with E-state index < -0.39 is 10.8 Å². The fraction of sp³-hybridized carbons (Fsp3) is 0.188. The van der Waals surface area contributed by atoms with Crippen LogP contribution in [0.4, 0.5) is 15.9 Å². The zero-order valence-corrected chi connectivity index (χ0v) is 14.9. The molecular weight excluding hydrogens is 379 g/mol. The monoisotopic (exact) mass is 392 g/mol. The van der Waals surface area contributed by atoms with Crippen molar-refractivity contribution in [1.82, 2.24) is 19.6 Å². The van der Waals surface area contributed by atoms with Crippen LogP contribution >= 0.6 is 11.6 Å². The molecule has 0 radical (unpaired) electrons. The van der Waals surface area contributed by atoms with Crippen molar-refractivity contribution in [2.45, 2.75) is 20.0 Å². The molecule has 0 aliphatic rings. The standard InChI is InChI=1S/C16H14ClFN6O3/c1-10-14(24(26)27)6-19-23(10)9-15(25)20-16-13(17)8-22(21-16)7-11-3-2-4-12(18)5-11/h2-6,8H,7,9H2,1H3,(H,20,21,25). The highest BCUT2D eigenvalue weighted by Gasteiger charge is 2.19. The van der Waals surface area contributed by atoms with Crippen LogP contribution in [-0.2, 0) is 17.9 Å². The van der Waals surface area contributed by atoms with Gasteiger partial charge in [-0.1, -0.05) is 23.7 Å². The van der Waals surface area contributed by atoms with E-state index in [0.717, 1.165) is 6.20 Å². The molecule has 0 aliphatic carbocycles. The Kier molecular flexibility index (Phi) is 5.17. The second-order valence-corrected chi connectivity index (χ2v) is 6.14.